The minimum absolute atomic E-state index is 0.100. The van der Waals surface area contributed by atoms with Crippen LogP contribution in [-0.2, 0) is 6.42 Å². The fourth-order valence-corrected chi connectivity index (χ4v) is 3.19. The molecule has 1 nitrogen and oxygen atoms in total. The van der Waals surface area contributed by atoms with Crippen LogP contribution >= 0.6 is 0 Å². The molecular weight excluding hydrogens is 244 g/mol. The minimum Gasteiger partial charge on any atom is -0.316 e. The van der Waals surface area contributed by atoms with Gasteiger partial charge in [0.1, 0.15) is 11.6 Å². The minimum atomic E-state index is -0.342. The maximum Gasteiger partial charge on any atom is 0.126 e. The summed E-state index contributed by atoms with van der Waals surface area (Å²) in [4.78, 5) is 0. The Labute approximate surface area is 114 Å². The SMILES string of the molecule is CCNCC1(Cc2cc(F)ccc2F)CCCCC1. The van der Waals surface area contributed by atoms with E-state index in [2.05, 4.69) is 12.2 Å². The first-order valence-electron chi connectivity index (χ1n) is 7.30. The van der Waals surface area contributed by atoms with Crippen molar-refractivity contribution in [1.29, 1.82) is 0 Å². The molecular formula is C16H23F2N. The number of halogens is 2. The van der Waals surface area contributed by atoms with Crippen LogP contribution in [0.1, 0.15) is 44.6 Å². The molecule has 0 spiro atoms. The van der Waals surface area contributed by atoms with Gasteiger partial charge in [0, 0.05) is 6.54 Å². The topological polar surface area (TPSA) is 12.0 Å². The molecule has 0 aliphatic heterocycles. The van der Waals surface area contributed by atoms with Crippen molar-refractivity contribution in [2.24, 2.45) is 5.41 Å². The number of hydrogen-bond donors (Lipinski definition) is 1. The van der Waals surface area contributed by atoms with E-state index in [1.54, 1.807) is 0 Å². The molecule has 0 aromatic heterocycles. The van der Waals surface area contributed by atoms with Gasteiger partial charge in [-0.3, -0.25) is 0 Å². The summed E-state index contributed by atoms with van der Waals surface area (Å²) in [6.07, 6.45) is 6.51. The smallest absolute Gasteiger partial charge is 0.126 e. The predicted octanol–water partition coefficient (Wildman–Crippen LogP) is 4.07. The Balaban J connectivity index is 2.16. The summed E-state index contributed by atoms with van der Waals surface area (Å²) in [6, 6.07) is 3.79. The molecule has 0 saturated heterocycles. The zero-order chi connectivity index (χ0) is 13.7. The van der Waals surface area contributed by atoms with Crippen LogP contribution in [0.2, 0.25) is 0 Å². The Morgan fingerprint density at radius 1 is 1.16 bits per heavy atom. The normalized spacial score (nSPS) is 18.5. The number of benzene rings is 1. The van der Waals surface area contributed by atoms with E-state index in [9.17, 15) is 8.78 Å². The Bertz CT molecular complexity index is 411. The first-order valence-corrected chi connectivity index (χ1v) is 7.30. The van der Waals surface area contributed by atoms with E-state index in [4.69, 9.17) is 0 Å². The van der Waals surface area contributed by atoms with Gasteiger partial charge in [0.15, 0.2) is 0 Å². The van der Waals surface area contributed by atoms with Crippen LogP contribution in [-0.4, -0.2) is 13.1 Å². The van der Waals surface area contributed by atoms with Gasteiger partial charge in [0.25, 0.3) is 0 Å². The quantitative estimate of drug-likeness (QED) is 0.848. The highest BCUT2D eigenvalue weighted by molar-refractivity contribution is 5.20. The molecule has 1 aliphatic carbocycles. The first-order chi connectivity index (χ1) is 9.15. The van der Waals surface area contributed by atoms with Gasteiger partial charge in [0.2, 0.25) is 0 Å². The van der Waals surface area contributed by atoms with Crippen LogP contribution in [0, 0.1) is 17.0 Å². The molecule has 1 aromatic carbocycles. The highest BCUT2D eigenvalue weighted by Crippen LogP contribution is 2.39. The average Bonchev–Trinajstić information content (AvgIpc) is 2.42. The Morgan fingerprint density at radius 3 is 2.58 bits per heavy atom. The molecule has 0 bridgehead atoms. The molecule has 0 radical (unpaired) electrons. The monoisotopic (exact) mass is 267 g/mol. The molecule has 0 atom stereocenters. The highest BCUT2D eigenvalue weighted by Gasteiger charge is 2.32. The Hall–Kier alpha value is -0.960. The van der Waals surface area contributed by atoms with E-state index in [1.165, 1.54) is 37.5 Å². The molecule has 106 valence electrons. The van der Waals surface area contributed by atoms with Crippen molar-refractivity contribution >= 4 is 0 Å². The largest absolute Gasteiger partial charge is 0.316 e. The van der Waals surface area contributed by atoms with Gasteiger partial charge in [-0.25, -0.2) is 8.78 Å². The third-order valence-electron chi connectivity index (χ3n) is 4.24. The third-order valence-corrected chi connectivity index (χ3v) is 4.24. The molecule has 0 heterocycles. The molecule has 1 aromatic rings. The first kappa shape index (κ1) is 14.4. The molecule has 3 heteroatoms. The van der Waals surface area contributed by atoms with E-state index in [0.717, 1.165) is 25.9 Å². The van der Waals surface area contributed by atoms with E-state index in [-0.39, 0.29) is 17.0 Å². The molecule has 2 rings (SSSR count). The van der Waals surface area contributed by atoms with Crippen molar-refractivity contribution in [3.05, 3.63) is 35.4 Å². The van der Waals surface area contributed by atoms with Gasteiger partial charge in [-0.15, -0.1) is 0 Å². The van der Waals surface area contributed by atoms with Crippen molar-refractivity contribution in [1.82, 2.24) is 5.32 Å². The van der Waals surface area contributed by atoms with Gasteiger partial charge >= 0.3 is 0 Å². The summed E-state index contributed by atoms with van der Waals surface area (Å²) >= 11 is 0. The molecule has 1 saturated carbocycles. The fourth-order valence-electron chi connectivity index (χ4n) is 3.19. The predicted molar refractivity (Wildman–Crippen MR) is 74.1 cm³/mol. The van der Waals surface area contributed by atoms with Crippen LogP contribution in [0.3, 0.4) is 0 Å². The molecule has 19 heavy (non-hydrogen) atoms. The van der Waals surface area contributed by atoms with Crippen LogP contribution < -0.4 is 5.32 Å². The van der Waals surface area contributed by atoms with Crippen LogP contribution in [0.5, 0.6) is 0 Å². The van der Waals surface area contributed by atoms with Gasteiger partial charge < -0.3 is 5.32 Å². The highest BCUT2D eigenvalue weighted by atomic mass is 19.1. The lowest BCUT2D eigenvalue weighted by molar-refractivity contribution is 0.180. The summed E-state index contributed by atoms with van der Waals surface area (Å²) in [6.45, 7) is 3.91. The fraction of sp³-hybridized carbons (Fsp3) is 0.625. The second-order valence-electron chi connectivity index (χ2n) is 5.75. The maximum atomic E-state index is 13.8. The summed E-state index contributed by atoms with van der Waals surface area (Å²) in [7, 11) is 0. The molecule has 1 N–H and O–H groups in total. The van der Waals surface area contributed by atoms with Gasteiger partial charge in [-0.1, -0.05) is 26.2 Å². The Morgan fingerprint density at radius 2 is 1.89 bits per heavy atom. The maximum absolute atomic E-state index is 13.8. The van der Waals surface area contributed by atoms with Gasteiger partial charge in [-0.05, 0) is 55.0 Å². The van der Waals surface area contributed by atoms with Crippen LogP contribution in [0.15, 0.2) is 18.2 Å². The van der Waals surface area contributed by atoms with E-state index >= 15 is 0 Å². The standard InChI is InChI=1S/C16H23F2N/c1-2-19-12-16(8-4-3-5-9-16)11-13-10-14(17)6-7-15(13)18/h6-7,10,19H,2-5,8-9,11-12H2,1H3. The van der Waals surface area contributed by atoms with Gasteiger partial charge in [0.05, 0.1) is 0 Å². The van der Waals surface area contributed by atoms with Crippen molar-refractivity contribution in [3.63, 3.8) is 0 Å². The average molecular weight is 267 g/mol. The van der Waals surface area contributed by atoms with Crippen molar-refractivity contribution in [3.8, 4) is 0 Å². The number of rotatable bonds is 5. The lowest BCUT2D eigenvalue weighted by Gasteiger charge is -2.38. The lowest BCUT2D eigenvalue weighted by atomic mass is 9.70. The lowest BCUT2D eigenvalue weighted by Crippen LogP contribution is -2.38. The molecule has 1 aliphatic rings. The molecule has 0 unspecified atom stereocenters. The summed E-state index contributed by atoms with van der Waals surface area (Å²) in [5.74, 6) is -0.617. The number of nitrogens with one attached hydrogen (secondary N) is 1. The van der Waals surface area contributed by atoms with Crippen LogP contribution in [0.25, 0.3) is 0 Å². The third kappa shape index (κ3) is 3.75. The molecule has 1 fully saturated rings. The second kappa shape index (κ2) is 6.47. The summed E-state index contributed by atoms with van der Waals surface area (Å²) in [5, 5.41) is 3.40. The van der Waals surface area contributed by atoms with Crippen molar-refractivity contribution in [2.45, 2.75) is 45.4 Å². The second-order valence-corrected chi connectivity index (χ2v) is 5.75. The summed E-state index contributed by atoms with van der Waals surface area (Å²) < 4.78 is 27.1. The van der Waals surface area contributed by atoms with Crippen molar-refractivity contribution < 1.29 is 8.78 Å². The van der Waals surface area contributed by atoms with E-state index in [0.29, 0.717) is 12.0 Å². The zero-order valence-electron chi connectivity index (χ0n) is 11.6. The van der Waals surface area contributed by atoms with Crippen molar-refractivity contribution in [2.75, 3.05) is 13.1 Å². The van der Waals surface area contributed by atoms with Crippen LogP contribution in [0.4, 0.5) is 8.78 Å². The van der Waals surface area contributed by atoms with E-state index < -0.39 is 0 Å². The Kier molecular flexibility index (Phi) is 4.92. The van der Waals surface area contributed by atoms with E-state index in [1.807, 2.05) is 0 Å². The zero-order valence-corrected chi connectivity index (χ0v) is 11.6. The molecule has 0 amide bonds. The number of hydrogen-bond acceptors (Lipinski definition) is 1. The van der Waals surface area contributed by atoms with Gasteiger partial charge in [-0.2, -0.15) is 0 Å². The summed E-state index contributed by atoms with van der Waals surface area (Å²) in [5.41, 5.74) is 0.628.